The number of benzene rings is 3. The maximum Gasteiger partial charge on any atom is 0.435 e. The van der Waals surface area contributed by atoms with Gasteiger partial charge >= 0.3 is 12.1 Å². The second-order valence-corrected chi connectivity index (χ2v) is 12.7. The molecule has 0 atom stereocenters. The smallest absolute Gasteiger partial charge is 0.435 e. The molecule has 0 bridgehead atoms. The summed E-state index contributed by atoms with van der Waals surface area (Å²) >= 11 is 0. The maximum atomic E-state index is 14.1. The fraction of sp³-hybridized carbons (Fsp3) is 0.405. The second-order valence-electron chi connectivity index (χ2n) is 12.7. The highest BCUT2D eigenvalue weighted by molar-refractivity contribution is 5.96. The molecular weight excluding hydrogens is 580 g/mol. The van der Waals surface area contributed by atoms with Crippen LogP contribution in [0.3, 0.4) is 0 Å². The summed E-state index contributed by atoms with van der Waals surface area (Å²) in [6.07, 6.45) is 3.53. The molecule has 0 unspecified atom stereocenters. The number of fused-ring (bicyclic) bond motifs is 1. The average molecular weight is 625 g/mol. The molecule has 1 saturated heterocycles. The number of rotatable bonds is 10. The minimum absolute atomic E-state index is 0.0494. The van der Waals surface area contributed by atoms with Gasteiger partial charge < -0.3 is 19.3 Å². The monoisotopic (exact) mass is 624 g/mol. The fourth-order valence-corrected chi connectivity index (χ4v) is 5.88. The molecule has 1 aliphatic rings. The summed E-state index contributed by atoms with van der Waals surface area (Å²) < 4.78 is 12.0. The molecule has 2 heterocycles. The lowest BCUT2D eigenvalue weighted by Crippen LogP contribution is -2.34. The maximum absolute atomic E-state index is 14.1. The van der Waals surface area contributed by atoms with Crippen LogP contribution in [-0.4, -0.2) is 53.0 Å². The molecule has 4 aromatic rings. The number of ether oxygens (including phenoxy) is 2. The SMILES string of the molecule is CCOC(=O)CCc1nn(C(=O)OC(C)(C)C)c2ccc(CC(=O)N(Cc3ccccc3N3CCCCC3)c3ccccc3)cc12. The molecule has 1 amide bonds. The molecule has 1 aromatic heterocycles. The van der Waals surface area contributed by atoms with Gasteiger partial charge in [0.25, 0.3) is 0 Å². The van der Waals surface area contributed by atoms with Crippen LogP contribution in [0.5, 0.6) is 0 Å². The van der Waals surface area contributed by atoms with Crippen molar-refractivity contribution in [3.8, 4) is 0 Å². The average Bonchev–Trinajstić information content (AvgIpc) is 3.41. The first-order valence-electron chi connectivity index (χ1n) is 16.2. The van der Waals surface area contributed by atoms with E-state index in [0.29, 0.717) is 29.7 Å². The standard InChI is InChI=1S/C37H44N4O5/c1-5-45-35(43)21-19-31-30-24-27(18-20-33(30)41(38-31)36(44)46-37(2,3)4)25-34(42)40(29-15-8-6-9-16-29)26-28-14-10-11-17-32(28)39-22-12-7-13-23-39/h6,8-11,14-18,20,24H,5,7,12-13,19,21-23,25-26H2,1-4H3. The zero-order chi connectivity index (χ0) is 32.7. The fourth-order valence-electron chi connectivity index (χ4n) is 5.88. The molecule has 0 N–H and O–H groups in total. The Morgan fingerprint density at radius 2 is 1.63 bits per heavy atom. The van der Waals surface area contributed by atoms with Crippen molar-refractivity contribution < 1.29 is 23.9 Å². The third kappa shape index (κ3) is 8.13. The summed E-state index contributed by atoms with van der Waals surface area (Å²) in [4.78, 5) is 43.7. The van der Waals surface area contributed by atoms with Gasteiger partial charge in [0, 0.05) is 36.3 Å². The van der Waals surface area contributed by atoms with E-state index in [1.54, 1.807) is 33.8 Å². The Kier molecular flexibility index (Phi) is 10.4. The van der Waals surface area contributed by atoms with Crippen LogP contribution in [0.25, 0.3) is 10.9 Å². The van der Waals surface area contributed by atoms with Crippen LogP contribution in [0.1, 0.15) is 70.2 Å². The second kappa shape index (κ2) is 14.6. The number of nitrogens with zero attached hydrogens (tertiary/aromatic N) is 4. The molecular formula is C37H44N4O5. The van der Waals surface area contributed by atoms with Gasteiger partial charge in [-0.1, -0.05) is 42.5 Å². The van der Waals surface area contributed by atoms with E-state index >= 15 is 0 Å². The molecule has 0 spiro atoms. The van der Waals surface area contributed by atoms with E-state index in [1.165, 1.54) is 29.6 Å². The number of carbonyl (C=O) groups is 3. The molecule has 0 saturated carbocycles. The summed E-state index contributed by atoms with van der Waals surface area (Å²) in [6, 6.07) is 23.7. The van der Waals surface area contributed by atoms with E-state index in [9.17, 15) is 14.4 Å². The largest absolute Gasteiger partial charge is 0.466 e. The van der Waals surface area contributed by atoms with Gasteiger partial charge in [0.15, 0.2) is 0 Å². The van der Waals surface area contributed by atoms with E-state index in [1.807, 2.05) is 53.4 Å². The lowest BCUT2D eigenvalue weighted by molar-refractivity contribution is -0.143. The van der Waals surface area contributed by atoms with Crippen LogP contribution in [0.4, 0.5) is 16.2 Å². The summed E-state index contributed by atoms with van der Waals surface area (Å²) in [5.41, 5.74) is 4.31. The van der Waals surface area contributed by atoms with E-state index in [2.05, 4.69) is 28.2 Å². The number of anilines is 2. The van der Waals surface area contributed by atoms with Crippen molar-refractivity contribution in [3.05, 3.63) is 89.6 Å². The first kappa shape index (κ1) is 32.7. The van der Waals surface area contributed by atoms with Crippen LogP contribution in [-0.2, 0) is 38.4 Å². The first-order chi connectivity index (χ1) is 22.1. The van der Waals surface area contributed by atoms with E-state index < -0.39 is 11.7 Å². The van der Waals surface area contributed by atoms with Crippen molar-refractivity contribution in [2.75, 3.05) is 29.5 Å². The van der Waals surface area contributed by atoms with Crippen LogP contribution in [0.15, 0.2) is 72.8 Å². The Labute approximate surface area is 271 Å². The number of amides is 1. The number of aromatic nitrogens is 2. The molecule has 0 radical (unpaired) electrons. The van der Waals surface area contributed by atoms with Gasteiger partial charge in [0.1, 0.15) is 5.60 Å². The number of hydrogen-bond acceptors (Lipinski definition) is 7. The van der Waals surface area contributed by atoms with Crippen LogP contribution < -0.4 is 9.80 Å². The Morgan fingerprint density at radius 3 is 2.35 bits per heavy atom. The van der Waals surface area contributed by atoms with Gasteiger partial charge in [0.05, 0.1) is 37.2 Å². The molecule has 9 nitrogen and oxygen atoms in total. The third-order valence-electron chi connectivity index (χ3n) is 8.00. The third-order valence-corrected chi connectivity index (χ3v) is 8.00. The van der Waals surface area contributed by atoms with Crippen molar-refractivity contribution in [2.45, 2.75) is 78.4 Å². The summed E-state index contributed by atoms with van der Waals surface area (Å²) in [7, 11) is 0. The van der Waals surface area contributed by atoms with E-state index in [4.69, 9.17) is 9.47 Å². The highest BCUT2D eigenvalue weighted by atomic mass is 16.6. The Bertz CT molecular complexity index is 1670. The van der Waals surface area contributed by atoms with Gasteiger partial charge in [-0.2, -0.15) is 9.78 Å². The normalized spacial score (nSPS) is 13.4. The number of esters is 1. The van der Waals surface area contributed by atoms with Crippen molar-refractivity contribution >= 4 is 40.2 Å². The molecule has 5 rings (SSSR count). The number of hydrogen-bond donors (Lipinski definition) is 0. The highest BCUT2D eigenvalue weighted by Gasteiger charge is 2.24. The number of carbonyl (C=O) groups excluding carboxylic acids is 3. The van der Waals surface area contributed by atoms with Gasteiger partial charge in [-0.05, 0) is 88.4 Å². The Hall–Kier alpha value is -4.66. The van der Waals surface area contributed by atoms with Gasteiger partial charge in [-0.25, -0.2) is 4.79 Å². The quantitative estimate of drug-likeness (QED) is 0.174. The van der Waals surface area contributed by atoms with Crippen LogP contribution in [0, 0.1) is 0 Å². The lowest BCUT2D eigenvalue weighted by Gasteiger charge is -2.32. The number of aryl methyl sites for hydroxylation is 1. The summed E-state index contributed by atoms with van der Waals surface area (Å²) in [5.74, 6) is -0.385. The van der Waals surface area contributed by atoms with Crippen molar-refractivity contribution in [1.82, 2.24) is 9.78 Å². The predicted molar refractivity (Wildman–Crippen MR) is 180 cm³/mol. The molecule has 1 aliphatic heterocycles. The van der Waals surface area contributed by atoms with Crippen molar-refractivity contribution in [3.63, 3.8) is 0 Å². The first-order valence-corrected chi connectivity index (χ1v) is 16.2. The molecule has 46 heavy (non-hydrogen) atoms. The summed E-state index contributed by atoms with van der Waals surface area (Å²) in [5, 5.41) is 5.25. The molecule has 242 valence electrons. The topological polar surface area (TPSA) is 94.0 Å². The van der Waals surface area contributed by atoms with E-state index in [-0.39, 0.29) is 31.1 Å². The Balaban J connectivity index is 1.45. The predicted octanol–water partition coefficient (Wildman–Crippen LogP) is 7.08. The van der Waals surface area contributed by atoms with Gasteiger partial charge in [-0.3, -0.25) is 9.59 Å². The minimum Gasteiger partial charge on any atom is -0.466 e. The lowest BCUT2D eigenvalue weighted by atomic mass is 10.0. The van der Waals surface area contributed by atoms with Gasteiger partial charge in [-0.15, -0.1) is 0 Å². The molecule has 0 aliphatic carbocycles. The van der Waals surface area contributed by atoms with Crippen LogP contribution >= 0.6 is 0 Å². The zero-order valence-corrected chi connectivity index (χ0v) is 27.3. The number of piperidine rings is 1. The van der Waals surface area contributed by atoms with E-state index in [0.717, 1.165) is 29.9 Å². The zero-order valence-electron chi connectivity index (χ0n) is 27.3. The van der Waals surface area contributed by atoms with Gasteiger partial charge in [0.2, 0.25) is 5.91 Å². The van der Waals surface area contributed by atoms with Crippen molar-refractivity contribution in [1.29, 1.82) is 0 Å². The number of para-hydroxylation sites is 2. The molecule has 9 heteroatoms. The Morgan fingerprint density at radius 1 is 0.913 bits per heavy atom. The molecule has 3 aromatic carbocycles. The molecule has 1 fully saturated rings. The minimum atomic E-state index is -0.708. The highest BCUT2D eigenvalue weighted by Crippen LogP contribution is 2.29. The summed E-state index contributed by atoms with van der Waals surface area (Å²) in [6.45, 7) is 9.93. The van der Waals surface area contributed by atoms with Crippen molar-refractivity contribution in [2.24, 2.45) is 0 Å². The van der Waals surface area contributed by atoms with Crippen LogP contribution in [0.2, 0.25) is 0 Å².